The number of anilines is 1. The predicted molar refractivity (Wildman–Crippen MR) is 85.1 cm³/mol. The van der Waals surface area contributed by atoms with Gasteiger partial charge < -0.3 is 10.5 Å². The highest BCUT2D eigenvalue weighted by Crippen LogP contribution is 2.10. The van der Waals surface area contributed by atoms with Crippen LogP contribution in [0.25, 0.3) is 0 Å². The lowest BCUT2D eigenvalue weighted by Crippen LogP contribution is -2.01. The second kappa shape index (κ2) is 8.22. The number of rotatable bonds is 8. The van der Waals surface area contributed by atoms with Gasteiger partial charge in [-0.3, -0.25) is 4.79 Å². The summed E-state index contributed by atoms with van der Waals surface area (Å²) < 4.78 is 5.60. The van der Waals surface area contributed by atoms with Crippen LogP contribution in [0.3, 0.4) is 0 Å². The largest absolute Gasteiger partial charge is 0.399 e. The summed E-state index contributed by atoms with van der Waals surface area (Å²) in [7, 11) is 0. The molecule has 110 valence electrons. The highest BCUT2D eigenvalue weighted by atomic mass is 16.5. The zero-order valence-corrected chi connectivity index (χ0v) is 12.1. The first kappa shape index (κ1) is 15.3. The SMILES string of the molecule is Nc1ccc(C(=O)CCCCOCc2ccccc2)cc1. The van der Waals surface area contributed by atoms with Crippen LogP contribution in [0.2, 0.25) is 0 Å². The smallest absolute Gasteiger partial charge is 0.162 e. The van der Waals surface area contributed by atoms with E-state index in [0.29, 0.717) is 25.3 Å². The van der Waals surface area contributed by atoms with Crippen molar-refractivity contribution >= 4 is 11.5 Å². The lowest BCUT2D eigenvalue weighted by molar-refractivity contribution is 0.0959. The standard InChI is InChI=1S/C18H21NO2/c19-17-11-9-16(10-12-17)18(20)8-4-5-13-21-14-15-6-2-1-3-7-15/h1-3,6-7,9-12H,4-5,8,13-14,19H2. The van der Waals surface area contributed by atoms with Gasteiger partial charge in [-0.2, -0.15) is 0 Å². The van der Waals surface area contributed by atoms with E-state index < -0.39 is 0 Å². The molecule has 2 rings (SSSR count). The summed E-state index contributed by atoms with van der Waals surface area (Å²) in [6, 6.07) is 17.2. The summed E-state index contributed by atoms with van der Waals surface area (Å²) in [4.78, 5) is 11.9. The fourth-order valence-corrected chi connectivity index (χ4v) is 2.07. The third-order valence-electron chi connectivity index (χ3n) is 3.29. The molecule has 21 heavy (non-hydrogen) atoms. The predicted octanol–water partition coefficient (Wildman–Crippen LogP) is 3.84. The van der Waals surface area contributed by atoms with E-state index in [4.69, 9.17) is 10.5 Å². The highest BCUT2D eigenvalue weighted by molar-refractivity contribution is 5.96. The van der Waals surface area contributed by atoms with Crippen LogP contribution < -0.4 is 5.73 Å². The number of hydrogen-bond acceptors (Lipinski definition) is 3. The molecule has 3 nitrogen and oxygen atoms in total. The molecular weight excluding hydrogens is 262 g/mol. The molecule has 0 aliphatic carbocycles. The van der Waals surface area contributed by atoms with Crippen molar-refractivity contribution in [1.29, 1.82) is 0 Å². The van der Waals surface area contributed by atoms with Crippen LogP contribution >= 0.6 is 0 Å². The van der Waals surface area contributed by atoms with E-state index in [0.717, 1.165) is 18.4 Å². The Morgan fingerprint density at radius 3 is 2.38 bits per heavy atom. The quantitative estimate of drug-likeness (QED) is 0.455. The first-order chi connectivity index (χ1) is 10.3. The molecule has 0 unspecified atom stereocenters. The molecule has 0 heterocycles. The first-order valence-electron chi connectivity index (χ1n) is 7.26. The van der Waals surface area contributed by atoms with Gasteiger partial charge >= 0.3 is 0 Å². The number of nitrogen functional groups attached to an aromatic ring is 1. The molecule has 0 radical (unpaired) electrons. The molecule has 0 aliphatic rings. The van der Waals surface area contributed by atoms with Gasteiger partial charge in [0.2, 0.25) is 0 Å². The zero-order chi connectivity index (χ0) is 14.9. The van der Waals surface area contributed by atoms with Crippen LogP contribution in [0.15, 0.2) is 54.6 Å². The second-order valence-electron chi connectivity index (χ2n) is 5.04. The Morgan fingerprint density at radius 2 is 1.67 bits per heavy atom. The lowest BCUT2D eigenvalue weighted by Gasteiger charge is -2.04. The molecule has 0 atom stereocenters. The molecular formula is C18H21NO2. The van der Waals surface area contributed by atoms with Gasteiger partial charge in [-0.05, 0) is 42.7 Å². The number of Topliss-reactive ketones (excluding diaryl/α,β-unsaturated/α-hetero) is 1. The third kappa shape index (κ3) is 5.40. The van der Waals surface area contributed by atoms with E-state index in [9.17, 15) is 4.79 Å². The Kier molecular flexibility index (Phi) is 5.98. The van der Waals surface area contributed by atoms with Gasteiger partial charge in [0.15, 0.2) is 5.78 Å². The molecule has 0 amide bonds. The first-order valence-corrected chi connectivity index (χ1v) is 7.26. The molecule has 2 N–H and O–H groups in total. The minimum Gasteiger partial charge on any atom is -0.399 e. The average Bonchev–Trinajstić information content (AvgIpc) is 2.52. The number of unbranched alkanes of at least 4 members (excludes halogenated alkanes) is 1. The summed E-state index contributed by atoms with van der Waals surface area (Å²) >= 11 is 0. The Hall–Kier alpha value is -2.13. The molecule has 3 heteroatoms. The molecule has 0 bridgehead atoms. The number of carbonyl (C=O) groups excluding carboxylic acids is 1. The minimum atomic E-state index is 0.165. The molecule has 0 saturated heterocycles. The van der Waals surface area contributed by atoms with E-state index in [2.05, 4.69) is 0 Å². The van der Waals surface area contributed by atoms with Crippen molar-refractivity contribution in [1.82, 2.24) is 0 Å². The summed E-state index contributed by atoms with van der Waals surface area (Å²) in [5, 5.41) is 0. The van der Waals surface area contributed by atoms with Crippen molar-refractivity contribution in [3.8, 4) is 0 Å². The summed E-state index contributed by atoms with van der Waals surface area (Å²) in [5.41, 5.74) is 8.19. The topological polar surface area (TPSA) is 52.3 Å². The minimum absolute atomic E-state index is 0.165. The van der Waals surface area contributed by atoms with Gasteiger partial charge in [-0.25, -0.2) is 0 Å². The van der Waals surface area contributed by atoms with E-state index in [-0.39, 0.29) is 5.78 Å². The number of carbonyl (C=O) groups is 1. The van der Waals surface area contributed by atoms with Crippen molar-refractivity contribution in [2.45, 2.75) is 25.9 Å². The zero-order valence-electron chi connectivity index (χ0n) is 12.1. The molecule has 0 aromatic heterocycles. The van der Waals surface area contributed by atoms with E-state index in [1.165, 1.54) is 5.56 Å². The molecule has 0 aliphatic heterocycles. The van der Waals surface area contributed by atoms with Gasteiger partial charge in [0.05, 0.1) is 6.61 Å². The maximum Gasteiger partial charge on any atom is 0.162 e. The van der Waals surface area contributed by atoms with E-state index >= 15 is 0 Å². The van der Waals surface area contributed by atoms with E-state index in [1.54, 1.807) is 24.3 Å². The van der Waals surface area contributed by atoms with Gasteiger partial charge in [0, 0.05) is 24.3 Å². The molecule has 2 aromatic rings. The number of hydrogen-bond donors (Lipinski definition) is 1. The molecule has 2 aromatic carbocycles. The van der Waals surface area contributed by atoms with Gasteiger partial charge in [0.1, 0.15) is 0 Å². The lowest BCUT2D eigenvalue weighted by atomic mass is 10.1. The van der Waals surface area contributed by atoms with Crippen LogP contribution in [0.5, 0.6) is 0 Å². The van der Waals surface area contributed by atoms with Crippen molar-refractivity contribution in [3.63, 3.8) is 0 Å². The molecule has 0 spiro atoms. The van der Waals surface area contributed by atoms with Crippen molar-refractivity contribution < 1.29 is 9.53 Å². The fourth-order valence-electron chi connectivity index (χ4n) is 2.07. The highest BCUT2D eigenvalue weighted by Gasteiger charge is 2.04. The van der Waals surface area contributed by atoms with Crippen molar-refractivity contribution in [3.05, 3.63) is 65.7 Å². The molecule has 0 saturated carbocycles. The van der Waals surface area contributed by atoms with Gasteiger partial charge in [-0.15, -0.1) is 0 Å². The normalized spacial score (nSPS) is 10.5. The van der Waals surface area contributed by atoms with Crippen molar-refractivity contribution in [2.75, 3.05) is 12.3 Å². The Labute approximate surface area is 125 Å². The summed E-state index contributed by atoms with van der Waals surface area (Å²) in [6.07, 6.45) is 2.30. The van der Waals surface area contributed by atoms with Crippen LogP contribution in [-0.2, 0) is 11.3 Å². The van der Waals surface area contributed by atoms with Crippen molar-refractivity contribution in [2.24, 2.45) is 0 Å². The van der Waals surface area contributed by atoms with Crippen LogP contribution in [0.4, 0.5) is 5.69 Å². The number of benzene rings is 2. The van der Waals surface area contributed by atoms with Crippen LogP contribution in [-0.4, -0.2) is 12.4 Å². The Morgan fingerprint density at radius 1 is 0.952 bits per heavy atom. The maximum atomic E-state index is 11.9. The second-order valence-corrected chi connectivity index (χ2v) is 5.04. The fraction of sp³-hybridized carbons (Fsp3) is 0.278. The Bertz CT molecular complexity index is 549. The number of nitrogens with two attached hydrogens (primary N) is 1. The summed E-state index contributed by atoms with van der Waals surface area (Å²) in [5.74, 6) is 0.165. The monoisotopic (exact) mass is 283 g/mol. The summed E-state index contributed by atoms with van der Waals surface area (Å²) in [6.45, 7) is 1.32. The van der Waals surface area contributed by atoms with Crippen LogP contribution in [0.1, 0.15) is 35.2 Å². The van der Waals surface area contributed by atoms with Gasteiger partial charge in [-0.1, -0.05) is 30.3 Å². The number of ether oxygens (including phenoxy) is 1. The number of ketones is 1. The average molecular weight is 283 g/mol. The van der Waals surface area contributed by atoms with E-state index in [1.807, 2.05) is 30.3 Å². The Balaban J connectivity index is 1.59. The maximum absolute atomic E-state index is 11.9. The third-order valence-corrected chi connectivity index (χ3v) is 3.29. The molecule has 0 fully saturated rings. The van der Waals surface area contributed by atoms with Gasteiger partial charge in [0.25, 0.3) is 0 Å². The van der Waals surface area contributed by atoms with Crippen LogP contribution in [0, 0.1) is 0 Å².